The van der Waals surface area contributed by atoms with Crippen molar-refractivity contribution in [1.29, 1.82) is 0 Å². The minimum absolute atomic E-state index is 0.242. The number of rotatable bonds is 0. The second-order valence-corrected chi connectivity index (χ2v) is 4.39. The van der Waals surface area contributed by atoms with Crippen LogP contribution in [-0.2, 0) is 0 Å². The Kier molecular flexibility index (Phi) is 2.37. The van der Waals surface area contributed by atoms with Gasteiger partial charge in [-0.2, -0.15) is 0 Å². The average Bonchev–Trinajstić information content (AvgIpc) is 2.12. The molecule has 1 saturated carbocycles. The van der Waals surface area contributed by atoms with Gasteiger partial charge in [0.25, 0.3) is 0 Å². The molecule has 2 heteroatoms. The topological polar surface area (TPSA) is 27.0 Å². The Bertz CT molecular complexity index is 140. The maximum Gasteiger partial charge on any atom is 0.0268 e. The lowest BCUT2D eigenvalue weighted by atomic mass is 9.76. The van der Waals surface area contributed by atoms with Crippen molar-refractivity contribution in [2.75, 3.05) is 13.6 Å². The Morgan fingerprint density at radius 1 is 1.17 bits per heavy atom. The predicted molar refractivity (Wildman–Crippen MR) is 49.9 cm³/mol. The van der Waals surface area contributed by atoms with E-state index in [9.17, 15) is 0 Å². The summed E-state index contributed by atoms with van der Waals surface area (Å²) in [5.41, 5.74) is 7.96. The fourth-order valence-corrected chi connectivity index (χ4v) is 2.88. The van der Waals surface area contributed by atoms with Crippen molar-refractivity contribution >= 4 is 0 Å². The summed E-state index contributed by atoms with van der Waals surface area (Å²) in [4.78, 5) is 2.48. The molecule has 12 heavy (non-hydrogen) atoms. The number of nitrogens with one attached hydrogen (secondary N) is 1. The Morgan fingerprint density at radius 2 is 1.92 bits per heavy atom. The lowest BCUT2D eigenvalue weighted by Gasteiger charge is -2.45. The molecule has 0 aromatic rings. The van der Waals surface area contributed by atoms with Gasteiger partial charge in [0.05, 0.1) is 0 Å². The maximum absolute atomic E-state index is 7.96. The quantitative estimate of drug-likeness (QED) is 0.537. The zero-order chi connectivity index (χ0) is 8.55. The molecule has 1 N–H and O–H groups in total. The fourth-order valence-electron chi connectivity index (χ4n) is 2.88. The van der Waals surface area contributed by atoms with Crippen LogP contribution in [0.1, 0.15) is 32.1 Å². The number of hydrogen-bond donors (Lipinski definition) is 0. The first-order valence-electron chi connectivity index (χ1n) is 5.20. The van der Waals surface area contributed by atoms with Crippen molar-refractivity contribution < 1.29 is 0 Å². The van der Waals surface area contributed by atoms with Gasteiger partial charge in [-0.05, 0) is 38.8 Å². The van der Waals surface area contributed by atoms with Crippen LogP contribution >= 0.6 is 0 Å². The van der Waals surface area contributed by atoms with Crippen molar-refractivity contribution in [1.82, 2.24) is 10.6 Å². The molecule has 3 atom stereocenters. The number of hydrogen-bond acceptors (Lipinski definition) is 1. The van der Waals surface area contributed by atoms with Gasteiger partial charge < -0.3 is 4.90 Å². The van der Waals surface area contributed by atoms with E-state index < -0.39 is 0 Å². The zero-order valence-corrected chi connectivity index (χ0v) is 7.92. The van der Waals surface area contributed by atoms with Crippen LogP contribution in [0, 0.1) is 5.92 Å². The largest absolute Gasteiger partial charge is 0.303 e. The first kappa shape index (κ1) is 8.52. The molecular weight excluding hydrogens is 148 g/mol. The smallest absolute Gasteiger partial charge is 0.0268 e. The van der Waals surface area contributed by atoms with Crippen LogP contribution < -0.4 is 5.73 Å². The molecule has 2 fully saturated rings. The van der Waals surface area contributed by atoms with Crippen LogP contribution in [0.15, 0.2) is 0 Å². The molecule has 0 aromatic heterocycles. The highest BCUT2D eigenvalue weighted by molar-refractivity contribution is 4.92. The van der Waals surface area contributed by atoms with E-state index in [0.29, 0.717) is 5.92 Å². The Morgan fingerprint density at radius 3 is 2.67 bits per heavy atom. The molecule has 1 radical (unpaired) electrons. The van der Waals surface area contributed by atoms with Crippen LogP contribution in [0.5, 0.6) is 0 Å². The standard InChI is InChI=1S/C10H19N2/c1-12-7-6-9(11)8-4-2-3-5-10(8)12/h8-11H,2-7H2,1H3. The molecule has 3 unspecified atom stereocenters. The van der Waals surface area contributed by atoms with E-state index in [1.807, 2.05) is 0 Å². The molecule has 2 aliphatic rings. The van der Waals surface area contributed by atoms with Gasteiger partial charge in [-0.1, -0.05) is 12.8 Å². The van der Waals surface area contributed by atoms with Gasteiger partial charge in [0.15, 0.2) is 0 Å². The summed E-state index contributed by atoms with van der Waals surface area (Å²) in [5.74, 6) is 0.692. The highest BCUT2D eigenvalue weighted by atomic mass is 15.1. The van der Waals surface area contributed by atoms with Gasteiger partial charge in [-0.25, -0.2) is 0 Å². The van der Waals surface area contributed by atoms with Crippen LogP contribution in [0.25, 0.3) is 0 Å². The second-order valence-electron chi connectivity index (χ2n) is 4.39. The minimum Gasteiger partial charge on any atom is -0.303 e. The monoisotopic (exact) mass is 167 g/mol. The van der Waals surface area contributed by atoms with Crippen molar-refractivity contribution in [3.63, 3.8) is 0 Å². The maximum atomic E-state index is 7.96. The van der Waals surface area contributed by atoms with Gasteiger partial charge in [0.1, 0.15) is 0 Å². The summed E-state index contributed by atoms with van der Waals surface area (Å²) >= 11 is 0. The first-order chi connectivity index (χ1) is 5.79. The lowest BCUT2D eigenvalue weighted by Crippen LogP contribution is -2.51. The third kappa shape index (κ3) is 1.38. The summed E-state index contributed by atoms with van der Waals surface area (Å²) in [6.45, 7) is 1.15. The molecule has 2 rings (SSSR count). The molecule has 0 spiro atoms. The van der Waals surface area contributed by atoms with E-state index in [-0.39, 0.29) is 6.04 Å². The number of nitrogens with zero attached hydrogens (tertiary/aromatic N) is 1. The van der Waals surface area contributed by atoms with Crippen molar-refractivity contribution in [3.8, 4) is 0 Å². The minimum atomic E-state index is 0.242. The third-order valence-corrected chi connectivity index (χ3v) is 3.66. The lowest BCUT2D eigenvalue weighted by molar-refractivity contribution is 0.0657. The van der Waals surface area contributed by atoms with Gasteiger partial charge in [0.2, 0.25) is 0 Å². The van der Waals surface area contributed by atoms with Gasteiger partial charge in [0, 0.05) is 12.1 Å². The summed E-state index contributed by atoms with van der Waals surface area (Å²) in [6.07, 6.45) is 6.50. The number of likely N-dealkylation sites (tertiary alicyclic amines) is 1. The third-order valence-electron chi connectivity index (χ3n) is 3.66. The molecule has 69 valence electrons. The van der Waals surface area contributed by atoms with E-state index in [1.54, 1.807) is 0 Å². The molecular formula is C10H19N2. The van der Waals surface area contributed by atoms with Crippen molar-refractivity contribution in [2.45, 2.75) is 44.2 Å². The van der Waals surface area contributed by atoms with Crippen LogP contribution in [-0.4, -0.2) is 30.6 Å². The molecule has 1 heterocycles. The zero-order valence-electron chi connectivity index (χ0n) is 7.92. The second kappa shape index (κ2) is 3.35. The average molecular weight is 167 g/mol. The Balaban J connectivity index is 2.05. The van der Waals surface area contributed by atoms with Crippen molar-refractivity contribution in [2.24, 2.45) is 5.92 Å². The summed E-state index contributed by atoms with van der Waals surface area (Å²) in [5, 5.41) is 0. The fraction of sp³-hybridized carbons (Fsp3) is 1.00. The SMILES string of the molecule is CN1CCC([NH])C2CCCCC21. The Hall–Kier alpha value is -0.0800. The van der Waals surface area contributed by atoms with E-state index >= 15 is 0 Å². The highest BCUT2D eigenvalue weighted by Crippen LogP contribution is 2.34. The molecule has 2 nitrogen and oxygen atoms in total. The van der Waals surface area contributed by atoms with Gasteiger partial charge in [-0.15, -0.1) is 0 Å². The van der Waals surface area contributed by atoms with E-state index in [1.165, 1.54) is 25.7 Å². The Labute approximate surface area is 75.1 Å². The van der Waals surface area contributed by atoms with Crippen LogP contribution in [0.4, 0.5) is 0 Å². The normalized spacial score (nSPS) is 44.0. The van der Waals surface area contributed by atoms with Crippen LogP contribution in [0.3, 0.4) is 0 Å². The van der Waals surface area contributed by atoms with E-state index in [0.717, 1.165) is 19.0 Å². The molecule has 1 aliphatic heterocycles. The molecule has 0 aromatic carbocycles. The molecule has 1 saturated heterocycles. The molecule has 0 bridgehead atoms. The van der Waals surface area contributed by atoms with Gasteiger partial charge in [-0.3, -0.25) is 5.73 Å². The molecule has 1 aliphatic carbocycles. The summed E-state index contributed by atoms with van der Waals surface area (Å²) in [6, 6.07) is 0.987. The van der Waals surface area contributed by atoms with Crippen LogP contribution in [0.2, 0.25) is 0 Å². The predicted octanol–water partition coefficient (Wildman–Crippen LogP) is 1.53. The van der Waals surface area contributed by atoms with E-state index in [4.69, 9.17) is 5.73 Å². The van der Waals surface area contributed by atoms with E-state index in [2.05, 4.69) is 11.9 Å². The van der Waals surface area contributed by atoms with Gasteiger partial charge >= 0.3 is 0 Å². The highest BCUT2D eigenvalue weighted by Gasteiger charge is 2.36. The number of piperidine rings is 1. The first-order valence-corrected chi connectivity index (χ1v) is 5.20. The number of fused-ring (bicyclic) bond motifs is 1. The summed E-state index contributed by atoms with van der Waals surface area (Å²) in [7, 11) is 2.23. The molecule has 0 amide bonds. The summed E-state index contributed by atoms with van der Waals surface area (Å²) < 4.78 is 0. The van der Waals surface area contributed by atoms with Crippen molar-refractivity contribution in [3.05, 3.63) is 0 Å².